The fourth-order valence-electron chi connectivity index (χ4n) is 3.90. The predicted molar refractivity (Wildman–Crippen MR) is 154 cm³/mol. The Bertz CT molecular complexity index is 1150. The highest BCUT2D eigenvalue weighted by Crippen LogP contribution is 2.21. The Morgan fingerprint density at radius 3 is 2.11 bits per heavy atom. The van der Waals surface area contributed by atoms with Crippen LogP contribution in [0.25, 0.3) is 0 Å². The second-order valence-corrected chi connectivity index (χ2v) is 9.81. The van der Waals surface area contributed by atoms with Crippen molar-refractivity contribution in [1.82, 2.24) is 5.32 Å². The van der Waals surface area contributed by atoms with Gasteiger partial charge in [-0.1, -0.05) is 61.5 Å². The maximum atomic E-state index is 12.2. The molecule has 6 nitrogen and oxygen atoms in total. The summed E-state index contributed by atoms with van der Waals surface area (Å²) in [5.41, 5.74) is 2.49. The van der Waals surface area contributed by atoms with Gasteiger partial charge in [0.1, 0.15) is 11.5 Å². The van der Waals surface area contributed by atoms with Gasteiger partial charge in [-0.05, 0) is 66.9 Å². The van der Waals surface area contributed by atoms with Gasteiger partial charge in [-0.2, -0.15) is 0 Å². The Balaban J connectivity index is 1.19. The molecule has 3 aromatic carbocycles. The van der Waals surface area contributed by atoms with E-state index in [1.54, 1.807) is 48.5 Å². The number of carbonyl (C=O) groups excluding carboxylic acids is 2. The Morgan fingerprint density at radius 2 is 1.42 bits per heavy atom. The van der Waals surface area contributed by atoms with E-state index in [1.165, 1.54) is 0 Å². The van der Waals surface area contributed by atoms with Crippen molar-refractivity contribution in [3.8, 4) is 11.5 Å². The molecule has 0 saturated carbocycles. The first kappa shape index (κ1) is 29.1. The summed E-state index contributed by atoms with van der Waals surface area (Å²) in [6.07, 6.45) is 6.89. The van der Waals surface area contributed by atoms with E-state index in [4.69, 9.17) is 21.1 Å². The highest BCUT2D eigenvalue weighted by molar-refractivity contribution is 6.33. The van der Waals surface area contributed by atoms with Crippen LogP contribution >= 0.6 is 11.6 Å². The van der Waals surface area contributed by atoms with Gasteiger partial charge in [0.05, 0.1) is 23.6 Å². The minimum atomic E-state index is -0.488. The summed E-state index contributed by atoms with van der Waals surface area (Å²) in [6, 6.07) is 21.9. The molecule has 0 aliphatic rings. The molecule has 7 heteroatoms. The molecule has 0 saturated heterocycles. The van der Waals surface area contributed by atoms with Crippen molar-refractivity contribution in [2.24, 2.45) is 0 Å². The number of amides is 1. The van der Waals surface area contributed by atoms with Gasteiger partial charge >= 0.3 is 5.97 Å². The molecule has 0 atom stereocenters. The molecule has 0 radical (unpaired) electrons. The van der Waals surface area contributed by atoms with Crippen molar-refractivity contribution >= 4 is 29.2 Å². The zero-order valence-electron chi connectivity index (χ0n) is 22.3. The lowest BCUT2D eigenvalue weighted by molar-refractivity contribution is -0.120. The minimum absolute atomic E-state index is 0.0755. The number of nitrogens with one attached hydrogen (secondary N) is 1. The van der Waals surface area contributed by atoms with Crippen LogP contribution < -0.4 is 19.7 Å². The third-order valence-corrected chi connectivity index (χ3v) is 6.44. The Labute approximate surface area is 230 Å². The highest BCUT2D eigenvalue weighted by atomic mass is 35.5. The van der Waals surface area contributed by atoms with Gasteiger partial charge in [0.15, 0.2) is 0 Å². The Morgan fingerprint density at radius 1 is 0.789 bits per heavy atom. The van der Waals surface area contributed by atoms with Gasteiger partial charge in [0.2, 0.25) is 5.91 Å². The molecule has 0 unspecified atom stereocenters. The number of ether oxygens (including phenoxy) is 2. The van der Waals surface area contributed by atoms with Gasteiger partial charge < -0.3 is 19.7 Å². The van der Waals surface area contributed by atoms with Crippen molar-refractivity contribution < 1.29 is 19.1 Å². The molecule has 202 valence electrons. The number of esters is 1. The molecule has 0 aliphatic heterocycles. The zero-order valence-corrected chi connectivity index (χ0v) is 23.0. The largest absolute Gasteiger partial charge is 0.494 e. The normalized spacial score (nSPS) is 10.6. The number of carbonyl (C=O) groups is 2. The van der Waals surface area contributed by atoms with Gasteiger partial charge in [0.25, 0.3) is 0 Å². The second kappa shape index (κ2) is 15.7. The molecule has 3 rings (SSSR count). The molecule has 1 amide bonds. The molecule has 1 N–H and O–H groups in total. The molecule has 0 bridgehead atoms. The van der Waals surface area contributed by atoms with Crippen LogP contribution in [-0.4, -0.2) is 39.1 Å². The van der Waals surface area contributed by atoms with Crippen LogP contribution in [0.15, 0.2) is 72.8 Å². The maximum absolute atomic E-state index is 12.2. The lowest BCUT2D eigenvalue weighted by atomic mass is 10.1. The summed E-state index contributed by atoms with van der Waals surface area (Å²) in [4.78, 5) is 26.4. The maximum Gasteiger partial charge on any atom is 0.345 e. The smallest absolute Gasteiger partial charge is 0.345 e. The SMILES string of the molecule is CN(C)c1ccc(CC(=O)NCCCCCCCCOc2ccc(OC(=O)c3ccccc3Cl)cc2)cc1. The summed E-state index contributed by atoms with van der Waals surface area (Å²) in [5.74, 6) is 0.772. The average molecular weight is 537 g/mol. The first-order chi connectivity index (χ1) is 18.4. The van der Waals surface area contributed by atoms with E-state index in [2.05, 4.69) is 5.32 Å². The molecule has 0 heterocycles. The molecule has 0 spiro atoms. The number of unbranched alkanes of at least 4 members (excludes halogenated alkanes) is 5. The number of hydrogen-bond acceptors (Lipinski definition) is 5. The van der Waals surface area contributed by atoms with E-state index in [-0.39, 0.29) is 5.91 Å². The van der Waals surface area contributed by atoms with Crippen LogP contribution in [0.2, 0.25) is 5.02 Å². The highest BCUT2D eigenvalue weighted by Gasteiger charge is 2.12. The summed E-state index contributed by atoms with van der Waals surface area (Å²) in [6.45, 7) is 1.37. The summed E-state index contributed by atoms with van der Waals surface area (Å²) >= 11 is 6.05. The quantitative estimate of drug-likeness (QED) is 0.133. The van der Waals surface area contributed by atoms with Crippen LogP contribution in [0, 0.1) is 0 Å². The standard InChI is InChI=1S/C31H37ClN2O4/c1-34(2)25-15-13-24(14-16-25)23-30(35)33-21-9-5-3-4-6-10-22-37-26-17-19-27(20-18-26)38-31(36)28-11-7-8-12-29(28)32/h7-8,11-20H,3-6,9-10,21-23H2,1-2H3,(H,33,35). The monoisotopic (exact) mass is 536 g/mol. The van der Waals surface area contributed by atoms with Gasteiger partial charge in [-0.15, -0.1) is 0 Å². The topological polar surface area (TPSA) is 67.9 Å². The van der Waals surface area contributed by atoms with Crippen LogP contribution in [0.4, 0.5) is 5.69 Å². The van der Waals surface area contributed by atoms with Crippen molar-refractivity contribution in [3.05, 3.63) is 88.9 Å². The molecule has 3 aromatic rings. The van der Waals surface area contributed by atoms with E-state index in [0.717, 1.165) is 62.1 Å². The molecule has 0 aliphatic carbocycles. The minimum Gasteiger partial charge on any atom is -0.494 e. The van der Waals surface area contributed by atoms with Crippen LogP contribution in [0.5, 0.6) is 11.5 Å². The number of halogens is 1. The summed E-state index contributed by atoms with van der Waals surface area (Å²) in [5, 5.41) is 3.38. The number of hydrogen-bond donors (Lipinski definition) is 1. The van der Waals surface area contributed by atoms with Crippen molar-refractivity contribution in [2.75, 3.05) is 32.1 Å². The molecule has 0 fully saturated rings. The number of nitrogens with zero attached hydrogens (tertiary/aromatic N) is 1. The van der Waals surface area contributed by atoms with Gasteiger partial charge in [0, 0.05) is 26.3 Å². The molecule has 38 heavy (non-hydrogen) atoms. The Kier molecular flexibility index (Phi) is 12.0. The summed E-state index contributed by atoms with van der Waals surface area (Å²) < 4.78 is 11.2. The predicted octanol–water partition coefficient (Wildman–Crippen LogP) is 6.70. The van der Waals surface area contributed by atoms with E-state index in [1.807, 2.05) is 43.3 Å². The average Bonchev–Trinajstić information content (AvgIpc) is 2.91. The van der Waals surface area contributed by atoms with E-state index < -0.39 is 5.97 Å². The number of rotatable bonds is 15. The van der Waals surface area contributed by atoms with Gasteiger partial charge in [-0.25, -0.2) is 4.79 Å². The van der Waals surface area contributed by atoms with Crippen molar-refractivity contribution in [1.29, 1.82) is 0 Å². The van der Waals surface area contributed by atoms with E-state index in [9.17, 15) is 9.59 Å². The zero-order chi connectivity index (χ0) is 27.2. The lowest BCUT2D eigenvalue weighted by Gasteiger charge is -2.12. The number of benzene rings is 3. The van der Waals surface area contributed by atoms with Crippen LogP contribution in [0.1, 0.15) is 54.4 Å². The van der Waals surface area contributed by atoms with E-state index in [0.29, 0.717) is 29.4 Å². The van der Waals surface area contributed by atoms with Crippen LogP contribution in [-0.2, 0) is 11.2 Å². The van der Waals surface area contributed by atoms with E-state index >= 15 is 0 Å². The fourth-order valence-corrected chi connectivity index (χ4v) is 4.12. The first-order valence-corrected chi connectivity index (χ1v) is 13.5. The lowest BCUT2D eigenvalue weighted by Crippen LogP contribution is -2.26. The third-order valence-electron chi connectivity index (χ3n) is 6.11. The second-order valence-electron chi connectivity index (χ2n) is 9.40. The molecular formula is C31H37ClN2O4. The number of anilines is 1. The molecule has 0 aromatic heterocycles. The van der Waals surface area contributed by atoms with Gasteiger partial charge in [-0.3, -0.25) is 4.79 Å². The first-order valence-electron chi connectivity index (χ1n) is 13.1. The van der Waals surface area contributed by atoms with Crippen molar-refractivity contribution in [3.63, 3.8) is 0 Å². The summed E-state index contributed by atoms with van der Waals surface area (Å²) in [7, 11) is 4.01. The van der Waals surface area contributed by atoms with Crippen molar-refractivity contribution in [2.45, 2.75) is 44.9 Å². The van der Waals surface area contributed by atoms with Crippen LogP contribution in [0.3, 0.4) is 0 Å². The Hall–Kier alpha value is -3.51. The third kappa shape index (κ3) is 10.1. The fraction of sp³-hybridized carbons (Fsp3) is 0.355. The molecular weight excluding hydrogens is 500 g/mol.